The van der Waals surface area contributed by atoms with E-state index in [1.807, 2.05) is 36.4 Å². The van der Waals surface area contributed by atoms with E-state index >= 15 is 0 Å². The number of hydrogen-bond acceptors (Lipinski definition) is 3. The molecule has 26 heavy (non-hydrogen) atoms. The van der Waals surface area contributed by atoms with Crippen LogP contribution in [-0.4, -0.2) is 35.0 Å². The first-order valence-electron chi connectivity index (χ1n) is 9.14. The standard InChI is InChI=1S/C22H23NO3/c24-20(17-9-3-1-4-10-17)14-7-15-21(25)23-16-8-13-19(23)22(26)18-11-5-2-6-12-18/h1-6,9-12,19H,7-8,13-16H2. The van der Waals surface area contributed by atoms with Crippen LogP contribution in [0.1, 0.15) is 52.8 Å². The zero-order valence-electron chi connectivity index (χ0n) is 14.8. The lowest BCUT2D eigenvalue weighted by Crippen LogP contribution is -2.40. The van der Waals surface area contributed by atoms with Gasteiger partial charge in [-0.25, -0.2) is 0 Å². The molecule has 0 bridgehead atoms. The van der Waals surface area contributed by atoms with Crippen LogP contribution in [-0.2, 0) is 4.79 Å². The van der Waals surface area contributed by atoms with Crippen LogP contribution < -0.4 is 0 Å². The quantitative estimate of drug-likeness (QED) is 0.712. The van der Waals surface area contributed by atoms with Crippen molar-refractivity contribution in [1.82, 2.24) is 4.90 Å². The van der Waals surface area contributed by atoms with E-state index in [0.29, 0.717) is 43.4 Å². The molecule has 2 aromatic rings. The number of carbonyl (C=O) groups excluding carboxylic acids is 3. The van der Waals surface area contributed by atoms with Crippen LogP contribution in [0.5, 0.6) is 0 Å². The molecule has 1 unspecified atom stereocenters. The van der Waals surface area contributed by atoms with Crippen molar-refractivity contribution in [3.8, 4) is 0 Å². The van der Waals surface area contributed by atoms with Crippen molar-refractivity contribution in [2.24, 2.45) is 0 Å². The highest BCUT2D eigenvalue weighted by molar-refractivity contribution is 6.02. The summed E-state index contributed by atoms with van der Waals surface area (Å²) < 4.78 is 0. The van der Waals surface area contributed by atoms with Gasteiger partial charge >= 0.3 is 0 Å². The topological polar surface area (TPSA) is 54.5 Å². The molecule has 0 aliphatic carbocycles. The minimum Gasteiger partial charge on any atom is -0.332 e. The number of amides is 1. The maximum Gasteiger partial charge on any atom is 0.223 e. The number of likely N-dealkylation sites (tertiary alicyclic amines) is 1. The van der Waals surface area contributed by atoms with Gasteiger partial charge in [0.25, 0.3) is 0 Å². The summed E-state index contributed by atoms with van der Waals surface area (Å²) in [5.41, 5.74) is 1.33. The third kappa shape index (κ3) is 4.26. The number of benzene rings is 2. The minimum atomic E-state index is -0.366. The summed E-state index contributed by atoms with van der Waals surface area (Å²) in [6.45, 7) is 0.620. The molecule has 4 heteroatoms. The van der Waals surface area contributed by atoms with Crippen LogP contribution in [0, 0.1) is 0 Å². The van der Waals surface area contributed by atoms with Crippen molar-refractivity contribution < 1.29 is 14.4 Å². The molecule has 0 N–H and O–H groups in total. The third-order valence-corrected chi connectivity index (χ3v) is 4.82. The summed E-state index contributed by atoms with van der Waals surface area (Å²) in [4.78, 5) is 39.1. The fraction of sp³-hybridized carbons (Fsp3) is 0.318. The van der Waals surface area contributed by atoms with Crippen LogP contribution in [0.15, 0.2) is 60.7 Å². The molecule has 0 aromatic heterocycles. The van der Waals surface area contributed by atoms with Crippen molar-refractivity contribution in [2.45, 2.75) is 38.1 Å². The molecular formula is C22H23NO3. The Morgan fingerprint density at radius 2 is 1.46 bits per heavy atom. The summed E-state index contributed by atoms with van der Waals surface area (Å²) in [5, 5.41) is 0. The maximum atomic E-state index is 12.7. The average Bonchev–Trinajstić information content (AvgIpc) is 3.18. The van der Waals surface area contributed by atoms with Crippen molar-refractivity contribution in [3.05, 3.63) is 71.8 Å². The van der Waals surface area contributed by atoms with Gasteiger partial charge in [0.15, 0.2) is 11.6 Å². The number of Topliss-reactive ketones (excluding diaryl/α,β-unsaturated/α-hetero) is 2. The summed E-state index contributed by atoms with van der Waals surface area (Å²) in [7, 11) is 0. The highest BCUT2D eigenvalue weighted by atomic mass is 16.2. The molecular weight excluding hydrogens is 326 g/mol. The zero-order chi connectivity index (χ0) is 18.4. The molecule has 1 aliphatic heterocycles. The fourth-order valence-electron chi connectivity index (χ4n) is 3.44. The van der Waals surface area contributed by atoms with Crippen LogP contribution >= 0.6 is 0 Å². The predicted molar refractivity (Wildman–Crippen MR) is 100 cm³/mol. The van der Waals surface area contributed by atoms with E-state index in [1.54, 1.807) is 29.2 Å². The van der Waals surface area contributed by atoms with Crippen LogP contribution in [0.4, 0.5) is 0 Å². The number of nitrogens with zero attached hydrogens (tertiary/aromatic N) is 1. The summed E-state index contributed by atoms with van der Waals surface area (Å²) in [5.74, 6) is 0.0335. The molecule has 4 nitrogen and oxygen atoms in total. The SMILES string of the molecule is O=C(CCCC(=O)N1CCCC1C(=O)c1ccccc1)c1ccccc1. The van der Waals surface area contributed by atoms with Gasteiger partial charge in [-0.2, -0.15) is 0 Å². The predicted octanol–water partition coefficient (Wildman–Crippen LogP) is 3.91. The molecule has 1 fully saturated rings. The Hall–Kier alpha value is -2.75. The normalized spacial score (nSPS) is 16.5. The van der Waals surface area contributed by atoms with Gasteiger partial charge in [-0.1, -0.05) is 60.7 Å². The van der Waals surface area contributed by atoms with E-state index in [2.05, 4.69) is 0 Å². The second kappa shape index (κ2) is 8.56. The Morgan fingerprint density at radius 3 is 2.12 bits per heavy atom. The molecule has 0 spiro atoms. The Balaban J connectivity index is 1.54. The average molecular weight is 349 g/mol. The van der Waals surface area contributed by atoms with E-state index < -0.39 is 0 Å². The van der Waals surface area contributed by atoms with Gasteiger partial charge < -0.3 is 4.90 Å². The maximum absolute atomic E-state index is 12.7. The molecule has 1 heterocycles. The van der Waals surface area contributed by atoms with Crippen molar-refractivity contribution in [2.75, 3.05) is 6.54 Å². The van der Waals surface area contributed by atoms with Gasteiger partial charge in [0.05, 0.1) is 6.04 Å². The molecule has 1 atom stereocenters. The van der Waals surface area contributed by atoms with Crippen molar-refractivity contribution >= 4 is 17.5 Å². The van der Waals surface area contributed by atoms with E-state index in [-0.39, 0.29) is 23.5 Å². The van der Waals surface area contributed by atoms with Gasteiger partial charge in [-0.05, 0) is 19.3 Å². The first kappa shape index (κ1) is 18.1. The van der Waals surface area contributed by atoms with Gasteiger partial charge in [0, 0.05) is 30.5 Å². The van der Waals surface area contributed by atoms with Gasteiger partial charge in [0.1, 0.15) is 0 Å². The lowest BCUT2D eigenvalue weighted by atomic mass is 10.0. The number of rotatable bonds is 7. The van der Waals surface area contributed by atoms with Gasteiger partial charge in [0.2, 0.25) is 5.91 Å². The van der Waals surface area contributed by atoms with Crippen LogP contribution in [0.25, 0.3) is 0 Å². The third-order valence-electron chi connectivity index (χ3n) is 4.82. The molecule has 0 radical (unpaired) electrons. The molecule has 2 aromatic carbocycles. The van der Waals surface area contributed by atoms with Gasteiger partial charge in [-0.15, -0.1) is 0 Å². The Bertz CT molecular complexity index is 770. The zero-order valence-corrected chi connectivity index (χ0v) is 14.8. The fourth-order valence-corrected chi connectivity index (χ4v) is 3.44. The molecule has 3 rings (SSSR count). The van der Waals surface area contributed by atoms with E-state index in [0.717, 1.165) is 6.42 Å². The summed E-state index contributed by atoms with van der Waals surface area (Å²) in [6.07, 6.45) is 2.72. The number of ketones is 2. The molecule has 1 amide bonds. The van der Waals surface area contributed by atoms with E-state index in [1.165, 1.54) is 0 Å². The second-order valence-corrected chi connectivity index (χ2v) is 6.62. The Kier molecular flexibility index (Phi) is 5.95. The molecule has 0 saturated carbocycles. The minimum absolute atomic E-state index is 0.0109. The first-order chi connectivity index (χ1) is 12.7. The van der Waals surface area contributed by atoms with Crippen LogP contribution in [0.2, 0.25) is 0 Å². The monoisotopic (exact) mass is 349 g/mol. The highest BCUT2D eigenvalue weighted by Crippen LogP contribution is 2.23. The Labute approximate surface area is 153 Å². The lowest BCUT2D eigenvalue weighted by Gasteiger charge is -2.23. The summed E-state index contributed by atoms with van der Waals surface area (Å²) in [6, 6.07) is 17.9. The summed E-state index contributed by atoms with van der Waals surface area (Å²) >= 11 is 0. The number of carbonyl (C=O) groups is 3. The molecule has 134 valence electrons. The molecule has 1 saturated heterocycles. The van der Waals surface area contributed by atoms with E-state index in [4.69, 9.17) is 0 Å². The van der Waals surface area contributed by atoms with E-state index in [9.17, 15) is 14.4 Å². The second-order valence-electron chi connectivity index (χ2n) is 6.62. The van der Waals surface area contributed by atoms with Crippen molar-refractivity contribution in [3.63, 3.8) is 0 Å². The number of hydrogen-bond donors (Lipinski definition) is 0. The smallest absolute Gasteiger partial charge is 0.223 e. The largest absolute Gasteiger partial charge is 0.332 e. The Morgan fingerprint density at radius 1 is 0.846 bits per heavy atom. The van der Waals surface area contributed by atoms with Crippen molar-refractivity contribution in [1.29, 1.82) is 0 Å². The van der Waals surface area contributed by atoms with Crippen LogP contribution in [0.3, 0.4) is 0 Å². The first-order valence-corrected chi connectivity index (χ1v) is 9.14. The highest BCUT2D eigenvalue weighted by Gasteiger charge is 2.34. The lowest BCUT2D eigenvalue weighted by molar-refractivity contribution is -0.131. The van der Waals surface area contributed by atoms with Gasteiger partial charge in [-0.3, -0.25) is 14.4 Å². The molecule has 1 aliphatic rings.